The molecule has 0 aromatic carbocycles. The van der Waals surface area contributed by atoms with Crippen molar-refractivity contribution >= 4 is 10.2 Å². The molecule has 0 aromatic rings. The van der Waals surface area contributed by atoms with E-state index >= 15 is 0 Å². The molecule has 2 N–H and O–H groups in total. The van der Waals surface area contributed by atoms with Crippen LogP contribution in [0.1, 0.15) is 46.5 Å². The van der Waals surface area contributed by atoms with Crippen molar-refractivity contribution in [1.82, 2.24) is 9.03 Å². The third-order valence-corrected chi connectivity index (χ3v) is 4.72. The molecule has 0 bridgehead atoms. The first-order valence-electron chi connectivity index (χ1n) is 6.02. The largest absolute Gasteiger partial charge is 0.389 e. The topological polar surface area (TPSA) is 69.6 Å². The van der Waals surface area contributed by atoms with Gasteiger partial charge in [0.25, 0.3) is 10.2 Å². The van der Waals surface area contributed by atoms with Crippen LogP contribution in [0.4, 0.5) is 0 Å². The molecule has 5 nitrogen and oxygen atoms in total. The number of hydrogen-bond acceptors (Lipinski definition) is 3. The van der Waals surface area contributed by atoms with Crippen molar-refractivity contribution in [2.75, 3.05) is 13.6 Å². The minimum absolute atomic E-state index is 0.165. The molecule has 0 amide bonds. The maximum atomic E-state index is 12.0. The molecular weight excluding hydrogens is 240 g/mol. The van der Waals surface area contributed by atoms with E-state index in [1.807, 2.05) is 0 Å². The molecule has 102 valence electrons. The van der Waals surface area contributed by atoms with E-state index in [1.165, 1.54) is 11.4 Å². The van der Waals surface area contributed by atoms with Crippen molar-refractivity contribution in [1.29, 1.82) is 0 Å². The van der Waals surface area contributed by atoms with Crippen LogP contribution in [0.15, 0.2) is 0 Å². The lowest BCUT2D eigenvalue weighted by atomic mass is 10.0. The summed E-state index contributed by atoms with van der Waals surface area (Å²) in [5.74, 6) is 0. The standard InChI is InChI=1S/C11H24N2O3S/c1-10(2,3)12-17(15,16)13(4)9-11(14)7-5-6-8-11/h12,14H,5-9H2,1-4H3. The Morgan fingerprint density at radius 2 is 1.76 bits per heavy atom. The third kappa shape index (κ3) is 4.54. The molecule has 1 fully saturated rings. The average Bonchev–Trinajstić information content (AvgIpc) is 2.47. The molecule has 1 aliphatic carbocycles. The van der Waals surface area contributed by atoms with Crippen molar-refractivity contribution in [2.24, 2.45) is 0 Å². The second-order valence-corrected chi connectivity index (χ2v) is 7.82. The monoisotopic (exact) mass is 264 g/mol. The fourth-order valence-electron chi connectivity index (χ4n) is 2.16. The fourth-order valence-corrected chi connectivity index (χ4v) is 3.50. The molecule has 6 heteroatoms. The number of aliphatic hydroxyl groups is 1. The Morgan fingerprint density at radius 3 is 2.18 bits per heavy atom. The quantitative estimate of drug-likeness (QED) is 0.791. The van der Waals surface area contributed by atoms with Crippen LogP contribution in [0.2, 0.25) is 0 Å². The highest BCUT2D eigenvalue weighted by Crippen LogP contribution is 2.30. The van der Waals surface area contributed by atoms with Crippen LogP contribution < -0.4 is 4.72 Å². The molecule has 17 heavy (non-hydrogen) atoms. The molecule has 0 aliphatic heterocycles. The SMILES string of the molecule is CN(CC1(O)CCCC1)S(=O)(=O)NC(C)(C)C. The second kappa shape index (κ2) is 4.84. The second-order valence-electron chi connectivity index (χ2n) is 6.04. The molecule has 1 aliphatic rings. The van der Waals surface area contributed by atoms with E-state index in [-0.39, 0.29) is 6.54 Å². The predicted molar refractivity (Wildman–Crippen MR) is 67.9 cm³/mol. The zero-order valence-electron chi connectivity index (χ0n) is 11.2. The van der Waals surface area contributed by atoms with Gasteiger partial charge in [0.2, 0.25) is 0 Å². The van der Waals surface area contributed by atoms with Crippen LogP contribution in [0.25, 0.3) is 0 Å². The zero-order chi connectivity index (χ0) is 13.3. The fraction of sp³-hybridized carbons (Fsp3) is 1.00. The van der Waals surface area contributed by atoms with Crippen molar-refractivity contribution in [3.8, 4) is 0 Å². The summed E-state index contributed by atoms with van der Waals surface area (Å²) in [6, 6.07) is 0. The highest BCUT2D eigenvalue weighted by atomic mass is 32.2. The van der Waals surface area contributed by atoms with Gasteiger partial charge in [-0.25, -0.2) is 0 Å². The molecule has 0 atom stereocenters. The van der Waals surface area contributed by atoms with Crippen molar-refractivity contribution in [3.05, 3.63) is 0 Å². The summed E-state index contributed by atoms with van der Waals surface area (Å²) in [4.78, 5) is 0. The van der Waals surface area contributed by atoms with Crippen molar-refractivity contribution in [2.45, 2.75) is 57.6 Å². The van der Waals surface area contributed by atoms with Gasteiger partial charge in [0.05, 0.1) is 5.60 Å². The summed E-state index contributed by atoms with van der Waals surface area (Å²) >= 11 is 0. The number of nitrogens with one attached hydrogen (secondary N) is 1. The molecule has 0 saturated heterocycles. The maximum absolute atomic E-state index is 12.0. The Balaban J connectivity index is 2.66. The lowest BCUT2D eigenvalue weighted by Gasteiger charge is -2.30. The molecule has 0 aromatic heterocycles. The van der Waals surface area contributed by atoms with E-state index in [0.29, 0.717) is 12.8 Å². The first-order valence-corrected chi connectivity index (χ1v) is 7.46. The predicted octanol–water partition coefficient (Wildman–Crippen LogP) is 0.856. The van der Waals surface area contributed by atoms with Gasteiger partial charge in [-0.2, -0.15) is 17.4 Å². The molecule has 0 radical (unpaired) electrons. The van der Waals surface area contributed by atoms with Gasteiger partial charge in [-0.1, -0.05) is 12.8 Å². The van der Waals surface area contributed by atoms with Crippen LogP contribution in [0, 0.1) is 0 Å². The van der Waals surface area contributed by atoms with Crippen LogP contribution in [-0.4, -0.2) is 42.6 Å². The Kier molecular flexibility index (Phi) is 4.24. The Bertz CT molecular complexity index is 353. The number of hydrogen-bond donors (Lipinski definition) is 2. The van der Waals surface area contributed by atoms with E-state index in [1.54, 1.807) is 20.8 Å². The molecule has 1 rings (SSSR count). The number of likely N-dealkylation sites (N-methyl/N-ethyl adjacent to an activating group) is 1. The van der Waals surface area contributed by atoms with Gasteiger partial charge in [-0.3, -0.25) is 0 Å². The van der Waals surface area contributed by atoms with Crippen LogP contribution in [0.3, 0.4) is 0 Å². The summed E-state index contributed by atoms with van der Waals surface area (Å²) in [6.45, 7) is 5.55. The van der Waals surface area contributed by atoms with Gasteiger partial charge in [0.1, 0.15) is 0 Å². The summed E-state index contributed by atoms with van der Waals surface area (Å²) in [5.41, 5.74) is -1.35. The van der Waals surface area contributed by atoms with Crippen LogP contribution >= 0.6 is 0 Å². The number of nitrogens with zero attached hydrogens (tertiary/aromatic N) is 1. The van der Waals surface area contributed by atoms with E-state index in [9.17, 15) is 13.5 Å². The Hall–Kier alpha value is -0.170. The van der Waals surface area contributed by atoms with Crippen molar-refractivity contribution in [3.63, 3.8) is 0 Å². The normalized spacial score (nSPS) is 21.1. The van der Waals surface area contributed by atoms with E-state index in [0.717, 1.165) is 12.8 Å². The Labute approximate surface area is 104 Å². The first-order chi connectivity index (χ1) is 7.54. The first kappa shape index (κ1) is 14.9. The van der Waals surface area contributed by atoms with Gasteiger partial charge in [-0.15, -0.1) is 0 Å². The third-order valence-electron chi connectivity index (χ3n) is 2.90. The lowest BCUT2D eigenvalue weighted by molar-refractivity contribution is 0.0329. The minimum Gasteiger partial charge on any atom is -0.389 e. The van der Waals surface area contributed by atoms with E-state index in [2.05, 4.69) is 4.72 Å². The van der Waals surface area contributed by atoms with Crippen LogP contribution in [-0.2, 0) is 10.2 Å². The number of rotatable bonds is 4. The van der Waals surface area contributed by atoms with Crippen molar-refractivity contribution < 1.29 is 13.5 Å². The zero-order valence-corrected chi connectivity index (χ0v) is 12.0. The molecule has 0 unspecified atom stereocenters. The molecule has 0 spiro atoms. The molecule has 1 saturated carbocycles. The van der Waals surface area contributed by atoms with Gasteiger partial charge in [-0.05, 0) is 33.6 Å². The van der Waals surface area contributed by atoms with E-state index in [4.69, 9.17) is 0 Å². The maximum Gasteiger partial charge on any atom is 0.279 e. The molecular formula is C11H24N2O3S. The van der Waals surface area contributed by atoms with Gasteiger partial charge >= 0.3 is 0 Å². The molecule has 0 heterocycles. The summed E-state index contributed by atoms with van der Waals surface area (Å²) < 4.78 is 27.7. The van der Waals surface area contributed by atoms with Gasteiger partial charge in [0, 0.05) is 19.1 Å². The van der Waals surface area contributed by atoms with E-state index < -0.39 is 21.3 Å². The highest BCUT2D eigenvalue weighted by Gasteiger charge is 2.36. The lowest BCUT2D eigenvalue weighted by Crippen LogP contribution is -2.51. The summed E-state index contributed by atoms with van der Waals surface area (Å²) in [7, 11) is -2.02. The highest BCUT2D eigenvalue weighted by molar-refractivity contribution is 7.87. The summed E-state index contributed by atoms with van der Waals surface area (Å²) in [5, 5.41) is 10.2. The minimum atomic E-state index is -3.52. The average molecular weight is 264 g/mol. The van der Waals surface area contributed by atoms with Gasteiger partial charge in [0.15, 0.2) is 0 Å². The van der Waals surface area contributed by atoms with Crippen LogP contribution in [0.5, 0.6) is 0 Å². The summed E-state index contributed by atoms with van der Waals surface area (Å²) in [6.07, 6.45) is 3.30. The smallest absolute Gasteiger partial charge is 0.279 e. The Morgan fingerprint density at radius 1 is 1.29 bits per heavy atom. The van der Waals surface area contributed by atoms with Gasteiger partial charge < -0.3 is 5.11 Å².